The van der Waals surface area contributed by atoms with E-state index in [-0.39, 0.29) is 18.6 Å². The van der Waals surface area contributed by atoms with E-state index in [1.807, 2.05) is 48.5 Å². The molecule has 0 spiro atoms. The minimum absolute atomic E-state index is 0.0188. The van der Waals surface area contributed by atoms with Gasteiger partial charge in [-0.1, -0.05) is 41.9 Å². The van der Waals surface area contributed by atoms with Gasteiger partial charge >= 0.3 is 0 Å². The Kier molecular flexibility index (Phi) is 3.12. The van der Waals surface area contributed by atoms with Crippen molar-refractivity contribution in [1.82, 2.24) is 5.01 Å². The molecule has 4 rings (SSSR count). The van der Waals surface area contributed by atoms with Crippen molar-refractivity contribution in [1.29, 1.82) is 0 Å². The van der Waals surface area contributed by atoms with Crippen molar-refractivity contribution in [2.45, 2.75) is 12.5 Å². The highest BCUT2D eigenvalue weighted by Gasteiger charge is 2.36. The minimum Gasteiger partial charge on any atom is -0.483 e. The second kappa shape index (κ2) is 5.14. The molecular formula is C17H13ClN2O2. The fourth-order valence-electron chi connectivity index (χ4n) is 2.89. The quantitative estimate of drug-likeness (QED) is 0.809. The molecule has 1 unspecified atom stereocenters. The number of hydrogen-bond donors (Lipinski definition) is 0. The van der Waals surface area contributed by atoms with Gasteiger partial charge < -0.3 is 4.74 Å². The first-order valence-corrected chi connectivity index (χ1v) is 7.47. The lowest BCUT2D eigenvalue weighted by Crippen LogP contribution is -2.28. The van der Waals surface area contributed by atoms with Crippen LogP contribution < -0.4 is 4.74 Å². The molecule has 0 radical (unpaired) electrons. The molecule has 2 aromatic rings. The molecule has 1 atom stereocenters. The number of rotatable bonds is 1. The van der Waals surface area contributed by atoms with E-state index in [1.54, 1.807) is 5.01 Å². The van der Waals surface area contributed by atoms with E-state index in [4.69, 9.17) is 16.3 Å². The lowest BCUT2D eigenvalue weighted by Gasteiger charge is -2.18. The lowest BCUT2D eigenvalue weighted by atomic mass is 9.98. The molecule has 0 bridgehead atoms. The van der Waals surface area contributed by atoms with E-state index in [2.05, 4.69) is 5.10 Å². The third kappa shape index (κ3) is 2.16. The molecule has 0 aliphatic carbocycles. The maximum Gasteiger partial charge on any atom is 0.281 e. The van der Waals surface area contributed by atoms with Crippen LogP contribution in [0.15, 0.2) is 53.6 Å². The van der Waals surface area contributed by atoms with Gasteiger partial charge in [-0.05, 0) is 23.8 Å². The fourth-order valence-corrected chi connectivity index (χ4v) is 3.02. The Morgan fingerprint density at radius 1 is 1.14 bits per heavy atom. The van der Waals surface area contributed by atoms with E-state index < -0.39 is 0 Å². The van der Waals surface area contributed by atoms with Gasteiger partial charge in [-0.2, -0.15) is 5.10 Å². The number of ether oxygens (including phenoxy) is 1. The van der Waals surface area contributed by atoms with Crippen LogP contribution in [0.5, 0.6) is 5.75 Å². The normalized spacial score (nSPS) is 19.9. The van der Waals surface area contributed by atoms with E-state index in [1.165, 1.54) is 0 Å². The Morgan fingerprint density at radius 2 is 1.91 bits per heavy atom. The second-order valence-electron chi connectivity index (χ2n) is 5.34. The van der Waals surface area contributed by atoms with Crippen molar-refractivity contribution < 1.29 is 9.53 Å². The molecule has 1 amide bonds. The van der Waals surface area contributed by atoms with Gasteiger partial charge in [0.15, 0.2) is 6.61 Å². The van der Waals surface area contributed by atoms with Crippen LogP contribution in [0.4, 0.5) is 0 Å². The Balaban J connectivity index is 1.74. The molecule has 0 fully saturated rings. The van der Waals surface area contributed by atoms with Gasteiger partial charge in [0.1, 0.15) is 5.75 Å². The zero-order valence-electron chi connectivity index (χ0n) is 11.7. The van der Waals surface area contributed by atoms with Crippen LogP contribution >= 0.6 is 11.6 Å². The highest BCUT2D eigenvalue weighted by Crippen LogP contribution is 2.39. The smallest absolute Gasteiger partial charge is 0.281 e. The molecule has 4 nitrogen and oxygen atoms in total. The first-order chi connectivity index (χ1) is 10.7. The summed E-state index contributed by atoms with van der Waals surface area (Å²) in [6, 6.07) is 15.2. The number of carbonyl (C=O) groups is 1. The Labute approximate surface area is 133 Å². The number of amides is 1. The maximum absolute atomic E-state index is 12.3. The van der Waals surface area contributed by atoms with Gasteiger partial charge in [-0.25, -0.2) is 5.01 Å². The predicted octanol–water partition coefficient (Wildman–Crippen LogP) is 3.41. The topological polar surface area (TPSA) is 41.9 Å². The summed E-state index contributed by atoms with van der Waals surface area (Å²) in [4.78, 5) is 12.3. The van der Waals surface area contributed by atoms with Crippen LogP contribution in [0.25, 0.3) is 0 Å². The van der Waals surface area contributed by atoms with Crippen molar-refractivity contribution in [3.05, 3.63) is 64.7 Å². The van der Waals surface area contributed by atoms with Gasteiger partial charge in [-0.15, -0.1) is 0 Å². The summed E-state index contributed by atoms with van der Waals surface area (Å²) in [5.74, 6) is 0.640. The van der Waals surface area contributed by atoms with Crippen LogP contribution in [-0.2, 0) is 4.79 Å². The average molecular weight is 313 g/mol. The van der Waals surface area contributed by atoms with E-state index >= 15 is 0 Å². The monoisotopic (exact) mass is 312 g/mol. The van der Waals surface area contributed by atoms with Crippen molar-refractivity contribution >= 4 is 23.2 Å². The van der Waals surface area contributed by atoms with Crippen LogP contribution in [0.3, 0.4) is 0 Å². The first kappa shape index (κ1) is 13.3. The zero-order chi connectivity index (χ0) is 15.1. The summed E-state index contributed by atoms with van der Waals surface area (Å²) in [5.41, 5.74) is 2.89. The summed E-state index contributed by atoms with van der Waals surface area (Å²) >= 11 is 5.93. The van der Waals surface area contributed by atoms with E-state index in [0.29, 0.717) is 11.4 Å². The highest BCUT2D eigenvalue weighted by atomic mass is 35.5. The molecule has 2 aliphatic rings. The van der Waals surface area contributed by atoms with Crippen molar-refractivity contribution in [3.63, 3.8) is 0 Å². The van der Waals surface area contributed by atoms with Crippen LogP contribution in [0, 0.1) is 0 Å². The summed E-state index contributed by atoms with van der Waals surface area (Å²) in [6.45, 7) is 0.0188. The Bertz CT molecular complexity index is 770. The van der Waals surface area contributed by atoms with Gasteiger partial charge in [0.2, 0.25) is 0 Å². The van der Waals surface area contributed by atoms with Gasteiger partial charge in [-0.3, -0.25) is 4.79 Å². The Hall–Kier alpha value is -2.33. The zero-order valence-corrected chi connectivity index (χ0v) is 12.5. The summed E-state index contributed by atoms with van der Waals surface area (Å²) < 4.78 is 5.58. The third-order valence-corrected chi connectivity index (χ3v) is 4.22. The number of nitrogens with zero attached hydrogens (tertiary/aromatic N) is 2. The molecule has 2 aromatic carbocycles. The number of halogens is 1. The standard InChI is InChI=1S/C17H13ClN2O2/c18-12-7-5-11(6-8-12)14-9-15-13-3-1-2-4-16(13)22-10-17(21)20(15)19-14/h1-8,15H,9-10H2. The summed E-state index contributed by atoms with van der Waals surface area (Å²) in [6.07, 6.45) is 0.674. The number of fused-ring (bicyclic) bond motifs is 3. The number of carbonyl (C=O) groups excluding carboxylic acids is 1. The molecule has 110 valence electrons. The average Bonchev–Trinajstić information content (AvgIpc) is 2.94. The maximum atomic E-state index is 12.3. The molecule has 22 heavy (non-hydrogen) atoms. The molecule has 0 N–H and O–H groups in total. The van der Waals surface area contributed by atoms with Crippen molar-refractivity contribution in [2.75, 3.05) is 6.61 Å². The summed E-state index contributed by atoms with van der Waals surface area (Å²) in [7, 11) is 0. The Morgan fingerprint density at radius 3 is 2.73 bits per heavy atom. The second-order valence-corrected chi connectivity index (χ2v) is 5.77. The van der Waals surface area contributed by atoms with Crippen molar-refractivity contribution in [2.24, 2.45) is 5.10 Å². The molecule has 0 aromatic heterocycles. The molecular weight excluding hydrogens is 300 g/mol. The summed E-state index contributed by atoms with van der Waals surface area (Å²) in [5, 5.41) is 6.77. The first-order valence-electron chi connectivity index (χ1n) is 7.09. The van der Waals surface area contributed by atoms with Crippen LogP contribution in [0.1, 0.15) is 23.6 Å². The molecule has 5 heteroatoms. The fraction of sp³-hybridized carbons (Fsp3) is 0.176. The van der Waals surface area contributed by atoms with Gasteiger partial charge in [0.05, 0.1) is 11.8 Å². The van der Waals surface area contributed by atoms with Gasteiger partial charge in [0, 0.05) is 17.0 Å². The number of hydrogen-bond acceptors (Lipinski definition) is 3. The van der Waals surface area contributed by atoms with Crippen LogP contribution in [-0.4, -0.2) is 23.2 Å². The molecule has 0 saturated heterocycles. The number of hydrazone groups is 1. The lowest BCUT2D eigenvalue weighted by molar-refractivity contribution is -0.134. The third-order valence-electron chi connectivity index (χ3n) is 3.97. The number of para-hydroxylation sites is 1. The van der Waals surface area contributed by atoms with Crippen molar-refractivity contribution in [3.8, 4) is 5.75 Å². The minimum atomic E-state index is -0.120. The predicted molar refractivity (Wildman–Crippen MR) is 84.1 cm³/mol. The molecule has 0 saturated carbocycles. The van der Waals surface area contributed by atoms with E-state index in [9.17, 15) is 4.79 Å². The highest BCUT2D eigenvalue weighted by molar-refractivity contribution is 6.30. The number of benzene rings is 2. The SMILES string of the molecule is O=C1COc2ccccc2C2CC(c3ccc(Cl)cc3)=NN12. The molecule has 2 heterocycles. The molecule has 2 aliphatic heterocycles. The van der Waals surface area contributed by atoms with Crippen LogP contribution in [0.2, 0.25) is 5.02 Å². The largest absolute Gasteiger partial charge is 0.483 e. The van der Waals surface area contributed by atoms with E-state index in [0.717, 1.165) is 22.6 Å². The van der Waals surface area contributed by atoms with Gasteiger partial charge in [0.25, 0.3) is 5.91 Å².